The highest BCUT2D eigenvalue weighted by molar-refractivity contribution is 6.18. The second-order valence-electron chi connectivity index (χ2n) is 3.03. The van der Waals surface area contributed by atoms with Crippen molar-refractivity contribution in [1.29, 1.82) is 0 Å². The first-order valence-electron chi connectivity index (χ1n) is 4.13. The normalized spacial score (nSPS) is 16.0. The monoisotopic (exact) mass is 203 g/mol. The van der Waals surface area contributed by atoms with E-state index in [4.69, 9.17) is 11.6 Å². The van der Waals surface area contributed by atoms with Gasteiger partial charge in [-0.15, -0.1) is 11.6 Å². The summed E-state index contributed by atoms with van der Waals surface area (Å²) in [5.41, 5.74) is 0. The first-order valence-corrected chi connectivity index (χ1v) is 4.66. The number of carbonyl (C=O) groups is 1. The van der Waals surface area contributed by atoms with Crippen molar-refractivity contribution >= 4 is 17.5 Å². The molecule has 0 N–H and O–H groups in total. The Morgan fingerprint density at radius 3 is 2.69 bits per heavy atom. The molecule has 0 bridgehead atoms. The van der Waals surface area contributed by atoms with Crippen LogP contribution < -0.4 is 0 Å². The van der Waals surface area contributed by atoms with E-state index in [1.807, 2.05) is 30.3 Å². The maximum atomic E-state index is 11.4. The molecule has 1 amide bonds. The lowest BCUT2D eigenvalue weighted by Crippen LogP contribution is -2.37. The quantitative estimate of drug-likeness (QED) is 0.631. The zero-order valence-electron chi connectivity index (χ0n) is 7.90. The fraction of sp³-hybridized carbons (Fsp3) is 0.625. The molecule has 0 aliphatic carbocycles. The van der Waals surface area contributed by atoms with Crippen LogP contribution in [0, 0.1) is 0 Å². The van der Waals surface area contributed by atoms with Crippen molar-refractivity contribution in [3.63, 3.8) is 0 Å². The predicted octanol–water partition coefficient (Wildman–Crippen LogP) is 0.665. The molecule has 1 heterocycles. The van der Waals surface area contributed by atoms with Crippen LogP contribution in [-0.2, 0) is 4.79 Å². The summed E-state index contributed by atoms with van der Waals surface area (Å²) < 4.78 is 0. The number of alkyl halides is 1. The molecule has 13 heavy (non-hydrogen) atoms. The lowest BCUT2D eigenvalue weighted by atomic mass is 10.4. The minimum atomic E-state index is 0.0654. The van der Waals surface area contributed by atoms with Crippen molar-refractivity contribution in [3.05, 3.63) is 12.4 Å². The maximum absolute atomic E-state index is 11.4. The molecule has 0 fully saturated rings. The van der Waals surface area contributed by atoms with Crippen LogP contribution in [0.2, 0.25) is 0 Å². The highest BCUT2D eigenvalue weighted by Crippen LogP contribution is 2.09. The lowest BCUT2D eigenvalue weighted by Gasteiger charge is -2.25. The number of hydrogen-bond donors (Lipinski definition) is 0. The van der Waals surface area contributed by atoms with Crippen LogP contribution in [-0.4, -0.2) is 47.5 Å². The van der Waals surface area contributed by atoms with Gasteiger partial charge in [0, 0.05) is 38.8 Å². The lowest BCUT2D eigenvalue weighted by molar-refractivity contribution is -0.130. The van der Waals surface area contributed by atoms with E-state index in [0.717, 1.165) is 0 Å². The molecule has 0 saturated carbocycles. The molecule has 0 aromatic heterocycles. The third kappa shape index (κ3) is 2.60. The molecule has 0 aromatic rings. The van der Waals surface area contributed by atoms with E-state index < -0.39 is 0 Å². The van der Waals surface area contributed by atoms with Crippen molar-refractivity contribution in [1.82, 2.24) is 14.9 Å². The van der Waals surface area contributed by atoms with E-state index in [1.165, 1.54) is 0 Å². The molecular weight excluding hydrogens is 190 g/mol. The fourth-order valence-corrected chi connectivity index (χ4v) is 1.22. The van der Waals surface area contributed by atoms with Crippen molar-refractivity contribution in [3.8, 4) is 0 Å². The van der Waals surface area contributed by atoms with Gasteiger partial charge >= 0.3 is 0 Å². The number of hydrogen-bond acceptors (Lipinski definition) is 3. The van der Waals surface area contributed by atoms with E-state index in [2.05, 4.69) is 0 Å². The Morgan fingerprint density at radius 2 is 2.23 bits per heavy atom. The van der Waals surface area contributed by atoms with Gasteiger partial charge in [-0.25, -0.2) is 5.01 Å². The Labute approximate surface area is 83.3 Å². The van der Waals surface area contributed by atoms with Crippen LogP contribution in [0.3, 0.4) is 0 Å². The van der Waals surface area contributed by atoms with Gasteiger partial charge < -0.3 is 0 Å². The molecule has 4 nitrogen and oxygen atoms in total. The van der Waals surface area contributed by atoms with E-state index in [1.54, 1.807) is 11.1 Å². The molecule has 0 spiro atoms. The van der Waals surface area contributed by atoms with Gasteiger partial charge in [0.1, 0.15) is 6.67 Å². The molecule has 0 aromatic carbocycles. The number of hydrazine groups is 1. The Kier molecular flexibility index (Phi) is 3.57. The summed E-state index contributed by atoms with van der Waals surface area (Å²) in [6.07, 6.45) is 4.04. The molecule has 0 unspecified atom stereocenters. The first-order chi connectivity index (χ1) is 6.15. The van der Waals surface area contributed by atoms with Gasteiger partial charge in [0.2, 0.25) is 5.91 Å². The third-order valence-electron chi connectivity index (χ3n) is 1.86. The molecule has 1 aliphatic heterocycles. The molecule has 5 heteroatoms. The highest BCUT2D eigenvalue weighted by atomic mass is 35.5. The second kappa shape index (κ2) is 4.48. The minimum absolute atomic E-state index is 0.0654. The molecule has 0 saturated heterocycles. The highest BCUT2D eigenvalue weighted by Gasteiger charge is 2.18. The zero-order chi connectivity index (χ0) is 9.84. The molecule has 1 aliphatic rings. The van der Waals surface area contributed by atoms with Crippen LogP contribution >= 0.6 is 11.6 Å². The van der Waals surface area contributed by atoms with Crippen molar-refractivity contribution < 1.29 is 4.79 Å². The molecule has 0 radical (unpaired) electrons. The van der Waals surface area contributed by atoms with Gasteiger partial charge in [-0.3, -0.25) is 14.7 Å². The van der Waals surface area contributed by atoms with Gasteiger partial charge in [0.15, 0.2) is 0 Å². The van der Waals surface area contributed by atoms with Crippen LogP contribution in [0.1, 0.15) is 6.42 Å². The van der Waals surface area contributed by atoms with Crippen LogP contribution in [0.5, 0.6) is 0 Å². The Bertz CT molecular complexity index is 217. The van der Waals surface area contributed by atoms with Crippen molar-refractivity contribution in [2.24, 2.45) is 0 Å². The third-order valence-corrected chi connectivity index (χ3v) is 2.05. The topological polar surface area (TPSA) is 26.8 Å². The van der Waals surface area contributed by atoms with Crippen LogP contribution in [0.25, 0.3) is 0 Å². The standard InChI is InChI=1S/C8H14ClN3O/c1-10(2)12-6-5-11(7-12)8(13)3-4-9/h5-6H,3-4,7H2,1-2H3. The van der Waals surface area contributed by atoms with Crippen LogP contribution in [0.4, 0.5) is 0 Å². The predicted molar refractivity (Wildman–Crippen MR) is 51.7 cm³/mol. The zero-order valence-corrected chi connectivity index (χ0v) is 8.66. The average molecular weight is 204 g/mol. The number of halogens is 1. The number of rotatable bonds is 3. The van der Waals surface area contributed by atoms with Gasteiger partial charge in [-0.1, -0.05) is 0 Å². The summed E-state index contributed by atoms with van der Waals surface area (Å²) in [4.78, 5) is 13.0. The largest absolute Gasteiger partial charge is 0.298 e. The number of nitrogens with zero attached hydrogens (tertiary/aromatic N) is 3. The fourth-order valence-electron chi connectivity index (χ4n) is 1.05. The minimum Gasteiger partial charge on any atom is -0.298 e. The summed E-state index contributed by atoms with van der Waals surface area (Å²) >= 11 is 5.48. The first kappa shape index (κ1) is 10.3. The Morgan fingerprint density at radius 1 is 1.54 bits per heavy atom. The van der Waals surface area contributed by atoms with E-state index in [0.29, 0.717) is 19.0 Å². The van der Waals surface area contributed by atoms with Gasteiger partial charge in [-0.2, -0.15) is 0 Å². The molecule has 0 atom stereocenters. The summed E-state index contributed by atoms with van der Waals surface area (Å²) in [5.74, 6) is 0.445. The van der Waals surface area contributed by atoms with Crippen molar-refractivity contribution in [2.75, 3.05) is 26.6 Å². The summed E-state index contributed by atoms with van der Waals surface area (Å²) in [7, 11) is 3.86. The SMILES string of the molecule is CN(C)N1C=CN(C(=O)CCCl)C1. The van der Waals surface area contributed by atoms with E-state index >= 15 is 0 Å². The van der Waals surface area contributed by atoms with Gasteiger partial charge in [0.05, 0.1) is 0 Å². The summed E-state index contributed by atoms with van der Waals surface area (Å²) in [6.45, 7) is 0.586. The molecule has 1 rings (SSSR count). The van der Waals surface area contributed by atoms with E-state index in [-0.39, 0.29) is 5.91 Å². The molecular formula is C8H14ClN3O. The molecule has 74 valence electrons. The maximum Gasteiger partial charge on any atom is 0.229 e. The summed E-state index contributed by atoms with van der Waals surface area (Å²) in [5, 5.41) is 3.86. The Balaban J connectivity index is 2.42. The van der Waals surface area contributed by atoms with Gasteiger partial charge in [-0.05, 0) is 0 Å². The van der Waals surface area contributed by atoms with Gasteiger partial charge in [0.25, 0.3) is 0 Å². The number of amides is 1. The summed E-state index contributed by atoms with van der Waals surface area (Å²) in [6, 6.07) is 0. The van der Waals surface area contributed by atoms with Crippen molar-refractivity contribution in [2.45, 2.75) is 6.42 Å². The average Bonchev–Trinajstić information content (AvgIpc) is 2.52. The number of carbonyl (C=O) groups excluding carboxylic acids is 1. The Hall–Kier alpha value is -0.740. The second-order valence-corrected chi connectivity index (χ2v) is 3.41. The smallest absolute Gasteiger partial charge is 0.229 e. The van der Waals surface area contributed by atoms with Crippen LogP contribution in [0.15, 0.2) is 12.4 Å². The van der Waals surface area contributed by atoms with E-state index in [9.17, 15) is 4.79 Å².